The summed E-state index contributed by atoms with van der Waals surface area (Å²) >= 11 is 0. The molecule has 0 aliphatic rings. The molecule has 0 bridgehead atoms. The maximum absolute atomic E-state index is 12.1. The maximum atomic E-state index is 12.1. The van der Waals surface area contributed by atoms with Gasteiger partial charge in [0, 0.05) is 23.4 Å². The number of nitrogens with zero attached hydrogens (tertiary/aromatic N) is 1. The molecule has 0 aromatic carbocycles. The number of hydrogen-bond donors (Lipinski definition) is 0. The van der Waals surface area contributed by atoms with E-state index in [0.717, 1.165) is 34.5 Å². The van der Waals surface area contributed by atoms with Crippen LogP contribution in [0.25, 0.3) is 12.2 Å². The van der Waals surface area contributed by atoms with Gasteiger partial charge < -0.3 is 0 Å². The Morgan fingerprint density at radius 2 is 2.11 bits per heavy atom. The summed E-state index contributed by atoms with van der Waals surface area (Å²) in [4.78, 5) is 16.5. The van der Waals surface area contributed by atoms with Crippen molar-refractivity contribution in [2.24, 2.45) is 0 Å². The van der Waals surface area contributed by atoms with Crippen molar-refractivity contribution < 1.29 is 4.79 Å². The third kappa shape index (κ3) is 3.88. The fourth-order valence-corrected chi connectivity index (χ4v) is 2.04. The van der Waals surface area contributed by atoms with E-state index in [1.54, 1.807) is 6.20 Å². The first-order valence-corrected chi connectivity index (χ1v) is 6.97. The molecule has 0 aliphatic carbocycles. The highest BCUT2D eigenvalue weighted by Gasteiger charge is 2.09. The second-order valence-electron chi connectivity index (χ2n) is 4.57. The van der Waals surface area contributed by atoms with Crippen LogP contribution in [0.4, 0.5) is 0 Å². The molecule has 1 rings (SSSR count). The van der Waals surface area contributed by atoms with Crippen molar-refractivity contribution in [2.45, 2.75) is 47.0 Å². The van der Waals surface area contributed by atoms with Crippen LogP contribution in [0.3, 0.4) is 0 Å². The Balaban J connectivity index is 3.51. The van der Waals surface area contributed by atoms with Crippen LogP contribution < -0.4 is 10.6 Å². The van der Waals surface area contributed by atoms with Gasteiger partial charge in [-0.25, -0.2) is 0 Å². The van der Waals surface area contributed by atoms with E-state index in [4.69, 9.17) is 0 Å². The zero-order chi connectivity index (χ0) is 14.3. The highest BCUT2D eigenvalue weighted by Crippen LogP contribution is 2.05. The number of hydrogen-bond acceptors (Lipinski definition) is 2. The summed E-state index contributed by atoms with van der Waals surface area (Å²) in [6, 6.07) is 0. The minimum Gasteiger partial charge on any atom is -0.294 e. The first-order chi connectivity index (χ1) is 9.15. The average Bonchev–Trinajstić information content (AvgIpc) is 2.39. The van der Waals surface area contributed by atoms with Gasteiger partial charge in [0.2, 0.25) is 0 Å². The molecular weight excluding hydrogens is 234 g/mol. The topological polar surface area (TPSA) is 30.0 Å². The van der Waals surface area contributed by atoms with E-state index in [1.165, 1.54) is 0 Å². The van der Waals surface area contributed by atoms with Crippen LogP contribution in [0, 0.1) is 6.92 Å². The molecule has 2 heteroatoms. The Kier molecular flexibility index (Phi) is 6.20. The van der Waals surface area contributed by atoms with Gasteiger partial charge in [-0.1, -0.05) is 38.2 Å². The first-order valence-electron chi connectivity index (χ1n) is 6.97. The van der Waals surface area contributed by atoms with Crippen molar-refractivity contribution >= 4 is 17.9 Å². The van der Waals surface area contributed by atoms with E-state index >= 15 is 0 Å². The summed E-state index contributed by atoms with van der Waals surface area (Å²) in [5.74, 6) is 0.186. The zero-order valence-corrected chi connectivity index (χ0v) is 12.4. The predicted molar refractivity (Wildman–Crippen MR) is 81.5 cm³/mol. The van der Waals surface area contributed by atoms with Gasteiger partial charge in [-0.15, -0.1) is 0 Å². The van der Waals surface area contributed by atoms with Crippen molar-refractivity contribution in [1.82, 2.24) is 4.98 Å². The third-order valence-corrected chi connectivity index (χ3v) is 3.05. The van der Waals surface area contributed by atoms with E-state index in [1.807, 2.05) is 39.0 Å². The Morgan fingerprint density at radius 3 is 2.68 bits per heavy atom. The molecule has 1 heterocycles. The Morgan fingerprint density at radius 1 is 1.37 bits per heavy atom. The monoisotopic (exact) mass is 257 g/mol. The molecule has 0 saturated carbocycles. The fraction of sp³-hybridized carbons (Fsp3) is 0.412. The average molecular weight is 257 g/mol. The van der Waals surface area contributed by atoms with Crippen molar-refractivity contribution in [1.29, 1.82) is 0 Å². The first kappa shape index (κ1) is 15.4. The van der Waals surface area contributed by atoms with Crippen molar-refractivity contribution in [3.8, 4) is 0 Å². The lowest BCUT2D eigenvalue weighted by atomic mass is 10.0. The Hall–Kier alpha value is -1.70. The van der Waals surface area contributed by atoms with Crippen LogP contribution in [-0.4, -0.2) is 10.8 Å². The number of pyridine rings is 1. The Labute approximate surface area is 115 Å². The van der Waals surface area contributed by atoms with Gasteiger partial charge in [-0.05, 0) is 32.3 Å². The SMILES string of the molecule is C\C=C/C=c1/c(C)c(C(=O)CCC)cn/c1=C/CC. The normalized spacial score (nSPS) is 13.5. The van der Waals surface area contributed by atoms with Crippen LogP contribution in [0.2, 0.25) is 0 Å². The van der Waals surface area contributed by atoms with E-state index in [9.17, 15) is 4.79 Å². The minimum atomic E-state index is 0.186. The second-order valence-corrected chi connectivity index (χ2v) is 4.57. The van der Waals surface area contributed by atoms with Crippen LogP contribution in [-0.2, 0) is 0 Å². The summed E-state index contributed by atoms with van der Waals surface area (Å²) in [5, 5.41) is 2.02. The molecule has 0 aliphatic heterocycles. The molecular formula is C17H23NO. The van der Waals surface area contributed by atoms with E-state index in [2.05, 4.69) is 18.0 Å². The molecule has 1 aromatic heterocycles. The summed E-state index contributed by atoms with van der Waals surface area (Å²) in [5.41, 5.74) is 1.79. The number of Topliss-reactive ketones (excluding diaryl/α,β-unsaturated/α-hetero) is 1. The molecule has 2 nitrogen and oxygen atoms in total. The van der Waals surface area contributed by atoms with Gasteiger partial charge in [0.1, 0.15) is 0 Å². The largest absolute Gasteiger partial charge is 0.294 e. The van der Waals surface area contributed by atoms with Crippen molar-refractivity contribution in [3.63, 3.8) is 0 Å². The number of aromatic nitrogens is 1. The molecule has 0 atom stereocenters. The lowest BCUT2D eigenvalue weighted by molar-refractivity contribution is 0.0980. The van der Waals surface area contributed by atoms with Gasteiger partial charge in [-0.2, -0.15) is 0 Å². The lowest BCUT2D eigenvalue weighted by Crippen LogP contribution is -2.32. The number of rotatable bonds is 5. The summed E-state index contributed by atoms with van der Waals surface area (Å²) in [6.07, 6.45) is 12.2. The second kappa shape index (κ2) is 7.67. The number of carbonyl (C=O) groups is 1. The third-order valence-electron chi connectivity index (χ3n) is 3.05. The molecule has 0 radical (unpaired) electrons. The van der Waals surface area contributed by atoms with Crippen molar-refractivity contribution in [3.05, 3.63) is 40.0 Å². The quantitative estimate of drug-likeness (QED) is 0.759. The van der Waals surface area contributed by atoms with E-state index in [0.29, 0.717) is 6.42 Å². The highest BCUT2D eigenvalue weighted by atomic mass is 16.1. The fourth-order valence-electron chi connectivity index (χ4n) is 2.04. The van der Waals surface area contributed by atoms with Crippen LogP contribution in [0.1, 0.15) is 56.0 Å². The number of ketones is 1. The smallest absolute Gasteiger partial charge is 0.164 e. The Bertz CT molecular complexity index is 582. The van der Waals surface area contributed by atoms with Gasteiger partial charge in [0.15, 0.2) is 5.78 Å². The van der Waals surface area contributed by atoms with Crippen LogP contribution in [0.5, 0.6) is 0 Å². The molecule has 0 amide bonds. The maximum Gasteiger partial charge on any atom is 0.164 e. The molecule has 19 heavy (non-hydrogen) atoms. The predicted octanol–water partition coefficient (Wildman–Crippen LogP) is 2.92. The summed E-state index contributed by atoms with van der Waals surface area (Å²) < 4.78 is 0. The molecule has 102 valence electrons. The van der Waals surface area contributed by atoms with Crippen LogP contribution in [0.15, 0.2) is 18.3 Å². The lowest BCUT2D eigenvalue weighted by Gasteiger charge is -2.05. The zero-order valence-electron chi connectivity index (χ0n) is 12.4. The van der Waals surface area contributed by atoms with Gasteiger partial charge in [0.25, 0.3) is 0 Å². The number of carbonyl (C=O) groups excluding carboxylic acids is 1. The molecule has 1 aromatic rings. The van der Waals surface area contributed by atoms with Crippen molar-refractivity contribution in [2.75, 3.05) is 0 Å². The van der Waals surface area contributed by atoms with E-state index in [-0.39, 0.29) is 5.78 Å². The minimum absolute atomic E-state index is 0.186. The van der Waals surface area contributed by atoms with Gasteiger partial charge >= 0.3 is 0 Å². The van der Waals surface area contributed by atoms with Gasteiger partial charge in [0.05, 0.1) is 5.35 Å². The molecule has 0 N–H and O–H groups in total. The number of allylic oxidation sites excluding steroid dienone is 2. The van der Waals surface area contributed by atoms with E-state index < -0.39 is 0 Å². The standard InChI is InChI=1S/C17H23NO/c1-5-8-11-14-13(4)15(17(19)10-7-3)12-18-16(14)9-6-2/h5,8-9,11-12H,6-7,10H2,1-4H3/b8-5-,14-11-,16-9+. The van der Waals surface area contributed by atoms with Crippen LogP contribution >= 0.6 is 0 Å². The highest BCUT2D eigenvalue weighted by molar-refractivity contribution is 5.97. The molecule has 0 saturated heterocycles. The molecule has 0 unspecified atom stereocenters. The summed E-state index contributed by atoms with van der Waals surface area (Å²) in [6.45, 7) is 8.10. The summed E-state index contributed by atoms with van der Waals surface area (Å²) in [7, 11) is 0. The molecule has 0 fully saturated rings. The van der Waals surface area contributed by atoms with Gasteiger partial charge in [-0.3, -0.25) is 9.78 Å². The molecule has 0 spiro atoms.